The first-order valence-electron chi connectivity index (χ1n) is 7.99. The Hall–Kier alpha value is -1.85. The highest BCUT2D eigenvalue weighted by molar-refractivity contribution is 5.85. The second kappa shape index (κ2) is 8.13. The quantitative estimate of drug-likeness (QED) is 0.785. The van der Waals surface area contributed by atoms with Crippen LogP contribution in [-0.4, -0.2) is 36.9 Å². The van der Waals surface area contributed by atoms with Crippen LogP contribution in [0.15, 0.2) is 34.7 Å². The van der Waals surface area contributed by atoms with Gasteiger partial charge in [-0.05, 0) is 25.0 Å². The molecule has 23 heavy (non-hydrogen) atoms. The number of carbonyl (C=O) groups is 1. The number of nitrogens with one attached hydrogen (secondary N) is 1. The molecule has 0 spiro atoms. The van der Waals surface area contributed by atoms with E-state index in [0.717, 1.165) is 11.0 Å². The topological polar surface area (TPSA) is 71.7 Å². The molecule has 126 valence electrons. The highest BCUT2D eigenvalue weighted by Crippen LogP contribution is 2.24. The summed E-state index contributed by atoms with van der Waals surface area (Å²) in [5.74, 6) is 0.456. The summed E-state index contributed by atoms with van der Waals surface area (Å²) in [6.45, 7) is 6.86. The average Bonchev–Trinajstić information content (AvgIpc) is 2.95. The SMILES string of the molecule is CC(C)COCC(O)CNC(=O)C(C)c1cc2ccccc2o1. The molecule has 5 heteroatoms. The Bertz CT molecular complexity index is 602. The summed E-state index contributed by atoms with van der Waals surface area (Å²) in [7, 11) is 0. The zero-order chi connectivity index (χ0) is 16.8. The standard InChI is InChI=1S/C18H25NO4/c1-12(2)10-22-11-15(20)9-19-18(21)13(3)17-8-14-6-4-5-7-16(14)23-17/h4-8,12-13,15,20H,9-11H2,1-3H3,(H,19,21). The van der Waals surface area contributed by atoms with Crippen molar-refractivity contribution in [2.24, 2.45) is 5.92 Å². The molecule has 1 heterocycles. The number of benzene rings is 1. The fourth-order valence-electron chi connectivity index (χ4n) is 2.22. The van der Waals surface area contributed by atoms with E-state index < -0.39 is 12.0 Å². The molecule has 0 bridgehead atoms. The Morgan fingerprint density at radius 2 is 2.00 bits per heavy atom. The number of para-hydroxylation sites is 1. The molecule has 2 aromatic rings. The van der Waals surface area contributed by atoms with Gasteiger partial charge in [-0.3, -0.25) is 4.79 Å². The minimum atomic E-state index is -0.708. The van der Waals surface area contributed by atoms with Crippen molar-refractivity contribution in [1.82, 2.24) is 5.32 Å². The van der Waals surface area contributed by atoms with E-state index in [1.54, 1.807) is 6.92 Å². The normalized spacial score (nSPS) is 14.1. The van der Waals surface area contributed by atoms with E-state index in [9.17, 15) is 9.90 Å². The van der Waals surface area contributed by atoms with E-state index >= 15 is 0 Å². The van der Waals surface area contributed by atoms with Gasteiger partial charge in [-0.15, -0.1) is 0 Å². The van der Waals surface area contributed by atoms with Gasteiger partial charge in [0.1, 0.15) is 11.3 Å². The number of fused-ring (bicyclic) bond motifs is 1. The number of aliphatic hydroxyl groups is 1. The first kappa shape index (κ1) is 17.5. The molecule has 0 aliphatic heterocycles. The minimum absolute atomic E-state index is 0.168. The lowest BCUT2D eigenvalue weighted by atomic mass is 10.1. The maximum absolute atomic E-state index is 12.2. The van der Waals surface area contributed by atoms with Gasteiger partial charge in [0, 0.05) is 18.5 Å². The third-order valence-corrected chi connectivity index (χ3v) is 3.54. The Kier molecular flexibility index (Phi) is 6.19. The molecular weight excluding hydrogens is 294 g/mol. The number of aliphatic hydroxyl groups excluding tert-OH is 1. The van der Waals surface area contributed by atoms with Crippen molar-refractivity contribution in [3.63, 3.8) is 0 Å². The van der Waals surface area contributed by atoms with Gasteiger partial charge in [-0.1, -0.05) is 32.0 Å². The summed E-state index contributed by atoms with van der Waals surface area (Å²) < 4.78 is 11.1. The van der Waals surface area contributed by atoms with E-state index in [4.69, 9.17) is 9.15 Å². The van der Waals surface area contributed by atoms with Crippen molar-refractivity contribution in [3.05, 3.63) is 36.1 Å². The first-order valence-corrected chi connectivity index (χ1v) is 7.99. The Morgan fingerprint density at radius 3 is 2.70 bits per heavy atom. The second-order valence-electron chi connectivity index (χ2n) is 6.24. The summed E-state index contributed by atoms with van der Waals surface area (Å²) in [4.78, 5) is 12.2. The summed E-state index contributed by atoms with van der Waals surface area (Å²) in [6.07, 6.45) is -0.708. The summed E-state index contributed by atoms with van der Waals surface area (Å²) in [5.41, 5.74) is 0.768. The first-order chi connectivity index (χ1) is 11.0. The smallest absolute Gasteiger partial charge is 0.230 e. The third-order valence-electron chi connectivity index (χ3n) is 3.54. The van der Waals surface area contributed by atoms with Crippen molar-refractivity contribution >= 4 is 16.9 Å². The molecule has 0 saturated carbocycles. The molecule has 1 aromatic heterocycles. The Balaban J connectivity index is 1.82. The van der Waals surface area contributed by atoms with Crippen molar-refractivity contribution in [2.75, 3.05) is 19.8 Å². The van der Waals surface area contributed by atoms with Crippen LogP contribution in [0.5, 0.6) is 0 Å². The van der Waals surface area contributed by atoms with Gasteiger partial charge in [0.25, 0.3) is 0 Å². The number of hydrogen-bond donors (Lipinski definition) is 2. The zero-order valence-corrected chi connectivity index (χ0v) is 13.9. The molecule has 2 atom stereocenters. The molecule has 2 N–H and O–H groups in total. The summed E-state index contributed by atoms with van der Waals surface area (Å²) in [5, 5.41) is 13.5. The fourth-order valence-corrected chi connectivity index (χ4v) is 2.22. The maximum atomic E-state index is 12.2. The number of rotatable bonds is 8. The lowest BCUT2D eigenvalue weighted by molar-refractivity contribution is -0.123. The van der Waals surface area contributed by atoms with E-state index in [1.807, 2.05) is 44.2 Å². The van der Waals surface area contributed by atoms with Gasteiger partial charge in [-0.25, -0.2) is 0 Å². The van der Waals surface area contributed by atoms with Crippen molar-refractivity contribution in [1.29, 1.82) is 0 Å². The maximum Gasteiger partial charge on any atom is 0.230 e. The predicted molar refractivity (Wildman–Crippen MR) is 89.3 cm³/mol. The molecule has 5 nitrogen and oxygen atoms in total. The van der Waals surface area contributed by atoms with Crippen LogP contribution in [-0.2, 0) is 9.53 Å². The largest absolute Gasteiger partial charge is 0.460 e. The monoisotopic (exact) mass is 319 g/mol. The number of furan rings is 1. The highest BCUT2D eigenvalue weighted by Gasteiger charge is 2.20. The molecule has 0 aliphatic carbocycles. The van der Waals surface area contributed by atoms with Gasteiger partial charge < -0.3 is 19.6 Å². The number of carbonyl (C=O) groups excluding carboxylic acids is 1. The van der Waals surface area contributed by atoms with Gasteiger partial charge in [0.15, 0.2) is 0 Å². The molecule has 0 fully saturated rings. The molecule has 2 unspecified atom stereocenters. The van der Waals surface area contributed by atoms with Crippen molar-refractivity contribution < 1.29 is 19.1 Å². The van der Waals surface area contributed by atoms with Crippen LogP contribution < -0.4 is 5.32 Å². The Labute approximate surface area is 136 Å². The van der Waals surface area contributed by atoms with Crippen LogP contribution in [0.2, 0.25) is 0 Å². The molecule has 0 radical (unpaired) electrons. The van der Waals surface area contributed by atoms with Crippen LogP contribution in [0.25, 0.3) is 11.0 Å². The summed E-state index contributed by atoms with van der Waals surface area (Å²) in [6, 6.07) is 9.53. The van der Waals surface area contributed by atoms with E-state index in [2.05, 4.69) is 5.32 Å². The van der Waals surface area contributed by atoms with Crippen LogP contribution in [0, 0.1) is 5.92 Å². The molecule has 0 aliphatic rings. The average molecular weight is 319 g/mol. The highest BCUT2D eigenvalue weighted by atomic mass is 16.5. The molecule has 1 aromatic carbocycles. The van der Waals surface area contributed by atoms with E-state index in [-0.39, 0.29) is 19.1 Å². The molecule has 1 amide bonds. The number of hydrogen-bond acceptors (Lipinski definition) is 4. The molecule has 0 saturated heterocycles. The summed E-state index contributed by atoms with van der Waals surface area (Å²) >= 11 is 0. The van der Waals surface area contributed by atoms with E-state index in [1.165, 1.54) is 0 Å². The van der Waals surface area contributed by atoms with Crippen LogP contribution in [0.1, 0.15) is 32.4 Å². The van der Waals surface area contributed by atoms with Gasteiger partial charge in [0.2, 0.25) is 5.91 Å². The van der Waals surface area contributed by atoms with Crippen LogP contribution >= 0.6 is 0 Å². The fraction of sp³-hybridized carbons (Fsp3) is 0.500. The Morgan fingerprint density at radius 1 is 1.26 bits per heavy atom. The lowest BCUT2D eigenvalue weighted by Crippen LogP contribution is -2.36. The van der Waals surface area contributed by atoms with Gasteiger partial charge in [0.05, 0.1) is 18.6 Å². The predicted octanol–water partition coefficient (Wildman–Crippen LogP) is 2.69. The number of amides is 1. The van der Waals surface area contributed by atoms with Crippen molar-refractivity contribution in [3.8, 4) is 0 Å². The van der Waals surface area contributed by atoms with Crippen molar-refractivity contribution in [2.45, 2.75) is 32.8 Å². The lowest BCUT2D eigenvalue weighted by Gasteiger charge is -2.15. The zero-order valence-electron chi connectivity index (χ0n) is 13.9. The van der Waals surface area contributed by atoms with Gasteiger partial charge in [-0.2, -0.15) is 0 Å². The third kappa shape index (κ3) is 5.08. The number of ether oxygens (including phenoxy) is 1. The molecular formula is C18H25NO4. The van der Waals surface area contributed by atoms with Crippen LogP contribution in [0.4, 0.5) is 0 Å². The van der Waals surface area contributed by atoms with E-state index in [0.29, 0.717) is 18.3 Å². The van der Waals surface area contributed by atoms with Crippen LogP contribution in [0.3, 0.4) is 0 Å². The van der Waals surface area contributed by atoms with Gasteiger partial charge >= 0.3 is 0 Å². The minimum Gasteiger partial charge on any atom is -0.460 e. The second-order valence-corrected chi connectivity index (χ2v) is 6.24. The molecule has 2 rings (SSSR count).